The number of rotatable bonds is 14. The average molecular weight is 657 g/mol. The number of hydrogen-bond acceptors (Lipinski definition) is 6. The Morgan fingerprint density at radius 2 is 0.812 bits per heavy atom. The van der Waals surface area contributed by atoms with Crippen molar-refractivity contribution in [3.8, 4) is 0 Å². The highest BCUT2D eigenvalue weighted by Crippen LogP contribution is 2.18. The van der Waals surface area contributed by atoms with Gasteiger partial charge in [-0.3, -0.25) is 9.59 Å². The van der Waals surface area contributed by atoms with Crippen LogP contribution in [0.4, 0.5) is 0 Å². The molecule has 0 radical (unpaired) electrons. The summed E-state index contributed by atoms with van der Waals surface area (Å²) in [4.78, 5) is 23.8. The number of carbonyl (C=O) groups is 2. The Labute approximate surface area is 288 Å². The third-order valence-corrected chi connectivity index (χ3v) is 6.67. The maximum Gasteiger partial charge on any atom is 0.195 e. The van der Waals surface area contributed by atoms with Gasteiger partial charge in [0.15, 0.2) is 11.6 Å². The second-order valence-corrected chi connectivity index (χ2v) is 11.6. The van der Waals surface area contributed by atoms with E-state index in [0.29, 0.717) is 34.5 Å². The predicted molar refractivity (Wildman–Crippen MR) is 196 cm³/mol. The minimum atomic E-state index is -1.08. The van der Waals surface area contributed by atoms with Gasteiger partial charge in [-0.1, -0.05) is 148 Å². The van der Waals surface area contributed by atoms with Crippen LogP contribution >= 0.6 is 0 Å². The van der Waals surface area contributed by atoms with Crippen LogP contribution in [0.15, 0.2) is 121 Å². The first-order valence-electron chi connectivity index (χ1n) is 17.0. The molecule has 260 valence electrons. The molecule has 0 saturated heterocycles. The number of ketones is 2. The highest BCUT2D eigenvalue weighted by molar-refractivity contribution is 6.00. The summed E-state index contributed by atoms with van der Waals surface area (Å²) in [7, 11) is 0. The van der Waals surface area contributed by atoms with E-state index in [1.165, 1.54) is 25.7 Å². The standard InChI is InChI=1S/2C14H12O2.C8H18O.C6H14O/c2*15-13(11-7-3-1-4-8-11)14(16)12-9-5-2-6-10-12;1-3-5-7-9-8-6-4-2;1-5(2)7-6(3)4/h2*1-10,13,15H;3-8H2,1-2H3;5-6H,1-4H3. The van der Waals surface area contributed by atoms with E-state index in [4.69, 9.17) is 9.47 Å². The van der Waals surface area contributed by atoms with Crippen molar-refractivity contribution in [3.05, 3.63) is 144 Å². The van der Waals surface area contributed by atoms with Crippen LogP contribution in [0.5, 0.6) is 0 Å². The zero-order chi connectivity index (χ0) is 35.6. The second kappa shape index (κ2) is 26.1. The number of unbranched alkanes of at least 4 members (excludes halogenated alkanes) is 2. The third-order valence-electron chi connectivity index (χ3n) is 6.67. The molecule has 4 rings (SSSR count). The molecule has 0 amide bonds. The summed E-state index contributed by atoms with van der Waals surface area (Å²) in [6, 6.07) is 35.5. The van der Waals surface area contributed by atoms with Crippen LogP contribution in [-0.2, 0) is 9.47 Å². The first kappa shape index (κ1) is 42.1. The normalized spacial score (nSPS) is 11.5. The summed E-state index contributed by atoms with van der Waals surface area (Å²) in [5.41, 5.74) is 2.30. The molecule has 0 saturated carbocycles. The maximum absolute atomic E-state index is 11.9. The monoisotopic (exact) mass is 656 g/mol. The molecule has 0 heterocycles. The Bertz CT molecular complexity index is 1240. The van der Waals surface area contributed by atoms with Crippen LogP contribution in [0.1, 0.15) is 111 Å². The van der Waals surface area contributed by atoms with Crippen LogP contribution in [0, 0.1) is 0 Å². The Morgan fingerprint density at radius 3 is 1.06 bits per heavy atom. The SMILES string of the molecule is CC(C)OC(C)C.CCCCOCCCC.O=C(c1ccccc1)C(O)c1ccccc1.O=C(c1ccccc1)C(O)c1ccccc1. The fourth-order valence-corrected chi connectivity index (χ4v) is 4.23. The number of ether oxygens (including phenoxy) is 2. The number of Topliss-reactive ketones (excluding diaryl/α,β-unsaturated/α-hetero) is 2. The van der Waals surface area contributed by atoms with Crippen LogP contribution in [0.2, 0.25) is 0 Å². The van der Waals surface area contributed by atoms with Gasteiger partial charge in [0.05, 0.1) is 12.2 Å². The molecule has 4 aromatic rings. The predicted octanol–water partition coefficient (Wildman–Crippen LogP) is 9.63. The van der Waals surface area contributed by atoms with Gasteiger partial charge in [0.1, 0.15) is 12.2 Å². The van der Waals surface area contributed by atoms with E-state index in [1.807, 2.05) is 52.0 Å². The molecule has 0 aliphatic heterocycles. The maximum atomic E-state index is 11.9. The Kier molecular flexibility index (Phi) is 22.9. The molecule has 2 N–H and O–H groups in total. The van der Waals surface area contributed by atoms with E-state index >= 15 is 0 Å². The number of hydrogen-bond donors (Lipinski definition) is 2. The van der Waals surface area contributed by atoms with E-state index in [2.05, 4.69) is 13.8 Å². The average Bonchev–Trinajstić information content (AvgIpc) is 3.12. The van der Waals surface area contributed by atoms with Gasteiger partial charge in [0.2, 0.25) is 0 Å². The fourth-order valence-electron chi connectivity index (χ4n) is 4.23. The second-order valence-electron chi connectivity index (χ2n) is 11.6. The minimum Gasteiger partial charge on any atom is -0.381 e. The van der Waals surface area contributed by atoms with Crippen molar-refractivity contribution in [1.82, 2.24) is 0 Å². The Balaban J connectivity index is 0.000000339. The molecule has 6 heteroatoms. The lowest BCUT2D eigenvalue weighted by molar-refractivity contribution is 0.0300. The van der Waals surface area contributed by atoms with Gasteiger partial charge in [0.25, 0.3) is 0 Å². The lowest BCUT2D eigenvalue weighted by Gasteiger charge is -2.09. The lowest BCUT2D eigenvalue weighted by Crippen LogP contribution is -2.11. The topological polar surface area (TPSA) is 93.1 Å². The molecule has 0 fully saturated rings. The van der Waals surface area contributed by atoms with Crippen LogP contribution < -0.4 is 0 Å². The smallest absolute Gasteiger partial charge is 0.195 e. The molecule has 4 aromatic carbocycles. The van der Waals surface area contributed by atoms with Crippen molar-refractivity contribution in [2.75, 3.05) is 13.2 Å². The Morgan fingerprint density at radius 1 is 0.521 bits per heavy atom. The number of aliphatic hydroxyl groups excluding tert-OH is 2. The Hall–Kier alpha value is -3.94. The molecule has 2 atom stereocenters. The van der Waals surface area contributed by atoms with Crippen LogP contribution in [-0.4, -0.2) is 47.2 Å². The number of aliphatic hydroxyl groups is 2. The van der Waals surface area contributed by atoms with E-state index in [-0.39, 0.29) is 11.6 Å². The molecule has 0 bridgehead atoms. The molecule has 2 unspecified atom stereocenters. The van der Waals surface area contributed by atoms with Crippen molar-refractivity contribution in [2.24, 2.45) is 0 Å². The summed E-state index contributed by atoms with van der Waals surface area (Å²) in [6.45, 7) is 14.4. The van der Waals surface area contributed by atoms with Gasteiger partial charge in [-0.15, -0.1) is 0 Å². The van der Waals surface area contributed by atoms with E-state index in [9.17, 15) is 19.8 Å². The third kappa shape index (κ3) is 18.4. The molecule has 6 nitrogen and oxygen atoms in total. The van der Waals surface area contributed by atoms with Crippen molar-refractivity contribution in [3.63, 3.8) is 0 Å². The van der Waals surface area contributed by atoms with Gasteiger partial charge < -0.3 is 19.7 Å². The highest BCUT2D eigenvalue weighted by atomic mass is 16.5. The van der Waals surface area contributed by atoms with Crippen molar-refractivity contribution in [2.45, 2.75) is 91.6 Å². The van der Waals surface area contributed by atoms with Crippen molar-refractivity contribution < 1.29 is 29.3 Å². The molecular formula is C42H56O6. The zero-order valence-corrected chi connectivity index (χ0v) is 29.6. The van der Waals surface area contributed by atoms with Gasteiger partial charge in [0, 0.05) is 24.3 Å². The quantitative estimate of drug-likeness (QED) is 0.104. The summed E-state index contributed by atoms with van der Waals surface area (Å²) in [5.74, 6) is -0.543. The fraction of sp³-hybridized carbons (Fsp3) is 0.381. The lowest BCUT2D eigenvalue weighted by atomic mass is 10.0. The number of benzene rings is 4. The molecule has 48 heavy (non-hydrogen) atoms. The highest BCUT2D eigenvalue weighted by Gasteiger charge is 2.19. The van der Waals surface area contributed by atoms with Crippen molar-refractivity contribution in [1.29, 1.82) is 0 Å². The first-order valence-corrected chi connectivity index (χ1v) is 17.0. The molecular weight excluding hydrogens is 600 g/mol. The van der Waals surface area contributed by atoms with Gasteiger partial charge in [-0.05, 0) is 51.7 Å². The molecule has 0 spiro atoms. The van der Waals surface area contributed by atoms with Crippen molar-refractivity contribution >= 4 is 11.6 Å². The minimum absolute atomic E-state index is 0.271. The first-order chi connectivity index (χ1) is 23.1. The van der Waals surface area contributed by atoms with E-state index in [1.54, 1.807) is 97.1 Å². The van der Waals surface area contributed by atoms with Gasteiger partial charge in [-0.25, -0.2) is 0 Å². The van der Waals surface area contributed by atoms with Gasteiger partial charge >= 0.3 is 0 Å². The zero-order valence-electron chi connectivity index (χ0n) is 29.6. The van der Waals surface area contributed by atoms with Crippen LogP contribution in [0.25, 0.3) is 0 Å². The molecule has 0 aliphatic rings. The molecule has 0 aliphatic carbocycles. The van der Waals surface area contributed by atoms with E-state index in [0.717, 1.165) is 13.2 Å². The van der Waals surface area contributed by atoms with Gasteiger partial charge in [-0.2, -0.15) is 0 Å². The summed E-state index contributed by atoms with van der Waals surface area (Å²) in [6.07, 6.45) is 3.50. The summed E-state index contributed by atoms with van der Waals surface area (Å²) >= 11 is 0. The van der Waals surface area contributed by atoms with Crippen LogP contribution in [0.3, 0.4) is 0 Å². The summed E-state index contributed by atoms with van der Waals surface area (Å²) in [5, 5.41) is 19.8. The van der Waals surface area contributed by atoms with E-state index < -0.39 is 12.2 Å². The molecule has 0 aromatic heterocycles. The summed E-state index contributed by atoms with van der Waals surface area (Å²) < 4.78 is 10.6. The largest absolute Gasteiger partial charge is 0.381 e. The number of carbonyl (C=O) groups excluding carboxylic acids is 2.